The molecule has 0 radical (unpaired) electrons. The van der Waals surface area contributed by atoms with Crippen LogP contribution in [-0.2, 0) is 6.42 Å². The van der Waals surface area contributed by atoms with Gasteiger partial charge in [-0.1, -0.05) is 30.3 Å². The summed E-state index contributed by atoms with van der Waals surface area (Å²) in [5, 5.41) is 2.55. The van der Waals surface area contributed by atoms with E-state index in [0.29, 0.717) is 17.2 Å². The molecule has 4 rings (SSSR count). The van der Waals surface area contributed by atoms with Gasteiger partial charge < -0.3 is 14.4 Å². The van der Waals surface area contributed by atoms with Crippen molar-refractivity contribution >= 4 is 17.2 Å². The monoisotopic (exact) mass is 394 g/mol. The maximum Gasteiger partial charge on any atom is 0.273 e. The molecule has 1 atom stereocenters. The third-order valence-corrected chi connectivity index (χ3v) is 6.12. The highest BCUT2D eigenvalue weighted by molar-refractivity contribution is 7.13. The molecule has 0 bridgehead atoms. The summed E-state index contributed by atoms with van der Waals surface area (Å²) in [6.45, 7) is 0. The van der Waals surface area contributed by atoms with Crippen LogP contribution < -0.4 is 9.47 Å². The summed E-state index contributed by atoms with van der Waals surface area (Å²) in [6.07, 6.45) is 1.95. The highest BCUT2D eigenvalue weighted by atomic mass is 32.1. The van der Waals surface area contributed by atoms with Crippen molar-refractivity contribution in [3.05, 3.63) is 64.7 Å². The molecular weight excluding hydrogens is 372 g/mol. The zero-order valence-corrected chi connectivity index (χ0v) is 17.0. The lowest BCUT2D eigenvalue weighted by atomic mass is 10.1. The van der Waals surface area contributed by atoms with Gasteiger partial charge in [0.2, 0.25) is 0 Å². The Morgan fingerprint density at radius 3 is 2.75 bits per heavy atom. The van der Waals surface area contributed by atoms with Crippen molar-refractivity contribution < 1.29 is 14.3 Å². The van der Waals surface area contributed by atoms with E-state index in [-0.39, 0.29) is 11.9 Å². The number of aryl methyl sites for hydroxylation is 1. The molecule has 1 aromatic heterocycles. The van der Waals surface area contributed by atoms with Crippen molar-refractivity contribution in [1.29, 1.82) is 0 Å². The Morgan fingerprint density at radius 1 is 1.14 bits per heavy atom. The molecule has 1 amide bonds. The second kappa shape index (κ2) is 7.64. The quantitative estimate of drug-likeness (QED) is 0.635. The second-order valence-corrected chi connectivity index (χ2v) is 7.61. The van der Waals surface area contributed by atoms with E-state index in [0.717, 1.165) is 23.4 Å². The van der Waals surface area contributed by atoms with Crippen LogP contribution in [0.2, 0.25) is 0 Å². The van der Waals surface area contributed by atoms with Crippen LogP contribution in [0.15, 0.2) is 47.8 Å². The summed E-state index contributed by atoms with van der Waals surface area (Å²) >= 11 is 1.43. The van der Waals surface area contributed by atoms with Crippen LogP contribution in [0, 0.1) is 0 Å². The van der Waals surface area contributed by atoms with Crippen LogP contribution in [0.4, 0.5) is 0 Å². The number of para-hydroxylation sites is 1. The first-order valence-electron chi connectivity index (χ1n) is 9.16. The predicted molar refractivity (Wildman–Crippen MR) is 110 cm³/mol. The van der Waals surface area contributed by atoms with Crippen molar-refractivity contribution in [2.24, 2.45) is 0 Å². The first-order chi connectivity index (χ1) is 13.6. The van der Waals surface area contributed by atoms with Gasteiger partial charge in [0.1, 0.15) is 10.7 Å². The molecule has 5 nitrogen and oxygen atoms in total. The summed E-state index contributed by atoms with van der Waals surface area (Å²) in [4.78, 5) is 19.5. The van der Waals surface area contributed by atoms with E-state index in [9.17, 15) is 4.79 Å². The van der Waals surface area contributed by atoms with E-state index < -0.39 is 0 Å². The zero-order chi connectivity index (χ0) is 19.7. The van der Waals surface area contributed by atoms with Crippen molar-refractivity contribution in [3.8, 4) is 22.1 Å². The Bertz CT molecular complexity index is 1010. The number of amides is 1. The standard InChI is InChI=1S/C22H22N2O3S/c1-24(18-12-11-14-7-4-5-8-15(14)18)22(25)17-13-28-21(23-17)16-9-6-10-19(26-2)20(16)27-3/h4-10,13,18H,11-12H2,1-3H3/t18-/m0/s1. The lowest BCUT2D eigenvalue weighted by Gasteiger charge is -2.24. The average Bonchev–Trinajstić information content (AvgIpc) is 3.39. The second-order valence-electron chi connectivity index (χ2n) is 6.75. The zero-order valence-electron chi connectivity index (χ0n) is 16.1. The number of ether oxygens (including phenoxy) is 2. The number of aromatic nitrogens is 1. The maximum atomic E-state index is 13.1. The van der Waals surface area contributed by atoms with E-state index in [1.54, 1.807) is 14.2 Å². The molecule has 1 heterocycles. The topological polar surface area (TPSA) is 51.7 Å². The number of carbonyl (C=O) groups excluding carboxylic acids is 1. The highest BCUT2D eigenvalue weighted by Gasteiger charge is 2.30. The smallest absolute Gasteiger partial charge is 0.273 e. The van der Waals surface area contributed by atoms with Gasteiger partial charge in [-0.05, 0) is 36.1 Å². The number of benzene rings is 2. The third kappa shape index (κ3) is 3.14. The number of thiazole rings is 1. The van der Waals surface area contributed by atoms with E-state index in [4.69, 9.17) is 9.47 Å². The van der Waals surface area contributed by atoms with Gasteiger partial charge in [-0.3, -0.25) is 4.79 Å². The molecule has 2 aromatic carbocycles. The molecule has 0 saturated carbocycles. The summed E-state index contributed by atoms with van der Waals surface area (Å²) in [5.74, 6) is 1.20. The summed E-state index contributed by atoms with van der Waals surface area (Å²) in [7, 11) is 5.07. The van der Waals surface area contributed by atoms with Gasteiger partial charge in [0.15, 0.2) is 11.5 Å². The number of rotatable bonds is 5. The van der Waals surface area contributed by atoms with Crippen molar-refractivity contribution in [2.75, 3.05) is 21.3 Å². The largest absolute Gasteiger partial charge is 0.493 e. The number of fused-ring (bicyclic) bond motifs is 1. The molecule has 0 aliphatic heterocycles. The normalized spacial score (nSPS) is 15.2. The van der Waals surface area contributed by atoms with Crippen molar-refractivity contribution in [1.82, 2.24) is 9.88 Å². The minimum absolute atomic E-state index is 0.0638. The summed E-state index contributed by atoms with van der Waals surface area (Å²) in [5.41, 5.74) is 3.84. The summed E-state index contributed by atoms with van der Waals surface area (Å²) < 4.78 is 10.9. The molecule has 0 fully saturated rings. The van der Waals surface area contributed by atoms with Gasteiger partial charge in [0, 0.05) is 12.4 Å². The van der Waals surface area contributed by atoms with Crippen LogP contribution in [-0.4, -0.2) is 37.1 Å². The van der Waals surface area contributed by atoms with E-state index in [1.165, 1.54) is 22.5 Å². The van der Waals surface area contributed by atoms with Crippen LogP contribution in [0.25, 0.3) is 10.6 Å². The molecule has 144 valence electrons. The SMILES string of the molecule is COc1cccc(-c2nc(C(=O)N(C)[C@H]3CCc4ccccc43)cs2)c1OC. The number of nitrogens with zero attached hydrogens (tertiary/aromatic N) is 2. The van der Waals surface area contributed by atoms with Gasteiger partial charge in [-0.25, -0.2) is 4.98 Å². The van der Waals surface area contributed by atoms with Gasteiger partial charge in [0.25, 0.3) is 5.91 Å². The van der Waals surface area contributed by atoms with E-state index >= 15 is 0 Å². The number of hydrogen-bond donors (Lipinski definition) is 0. The minimum Gasteiger partial charge on any atom is -0.493 e. The molecule has 0 saturated heterocycles. The lowest BCUT2D eigenvalue weighted by molar-refractivity contribution is 0.0725. The molecule has 0 N–H and O–H groups in total. The Morgan fingerprint density at radius 2 is 1.96 bits per heavy atom. The number of hydrogen-bond acceptors (Lipinski definition) is 5. The Balaban J connectivity index is 1.61. The van der Waals surface area contributed by atoms with Crippen LogP contribution in [0.5, 0.6) is 11.5 Å². The summed E-state index contributed by atoms with van der Waals surface area (Å²) in [6, 6.07) is 14.1. The lowest BCUT2D eigenvalue weighted by Crippen LogP contribution is -2.30. The molecule has 1 aliphatic carbocycles. The fraction of sp³-hybridized carbons (Fsp3) is 0.273. The average molecular weight is 394 g/mol. The van der Waals surface area contributed by atoms with Gasteiger partial charge in [-0.15, -0.1) is 11.3 Å². The first-order valence-corrected chi connectivity index (χ1v) is 10.0. The van der Waals surface area contributed by atoms with E-state index in [2.05, 4.69) is 23.2 Å². The molecule has 28 heavy (non-hydrogen) atoms. The van der Waals surface area contributed by atoms with E-state index in [1.807, 2.05) is 41.6 Å². The molecule has 0 unspecified atom stereocenters. The fourth-order valence-corrected chi connectivity index (χ4v) is 4.63. The fourth-order valence-electron chi connectivity index (χ4n) is 3.81. The predicted octanol–water partition coefficient (Wildman–Crippen LogP) is 4.59. The van der Waals surface area contributed by atoms with Crippen LogP contribution in [0.3, 0.4) is 0 Å². The first kappa shape index (κ1) is 18.5. The number of carbonyl (C=O) groups is 1. The Hall–Kier alpha value is -2.86. The third-order valence-electron chi connectivity index (χ3n) is 5.25. The Labute approximate surface area is 168 Å². The molecule has 0 spiro atoms. The minimum atomic E-state index is -0.0638. The van der Waals surface area contributed by atoms with Gasteiger partial charge in [-0.2, -0.15) is 0 Å². The Kier molecular flexibility index (Phi) is 5.05. The highest BCUT2D eigenvalue weighted by Crippen LogP contribution is 2.40. The van der Waals surface area contributed by atoms with Gasteiger partial charge in [0.05, 0.1) is 25.8 Å². The molecular formula is C22H22N2O3S. The molecule has 6 heteroatoms. The molecule has 3 aromatic rings. The molecule has 1 aliphatic rings. The van der Waals surface area contributed by atoms with Crippen LogP contribution >= 0.6 is 11.3 Å². The van der Waals surface area contributed by atoms with Crippen molar-refractivity contribution in [2.45, 2.75) is 18.9 Å². The van der Waals surface area contributed by atoms with Gasteiger partial charge >= 0.3 is 0 Å². The maximum absolute atomic E-state index is 13.1. The van der Waals surface area contributed by atoms with Crippen molar-refractivity contribution in [3.63, 3.8) is 0 Å². The van der Waals surface area contributed by atoms with Crippen LogP contribution in [0.1, 0.15) is 34.1 Å². The number of methoxy groups -OCH3 is 2.